The van der Waals surface area contributed by atoms with Gasteiger partial charge in [0.2, 0.25) is 5.95 Å². The molecule has 18 heavy (non-hydrogen) atoms. The Morgan fingerprint density at radius 1 is 1.50 bits per heavy atom. The molecule has 0 atom stereocenters. The summed E-state index contributed by atoms with van der Waals surface area (Å²) in [7, 11) is 0. The molecule has 0 bridgehead atoms. The van der Waals surface area contributed by atoms with Gasteiger partial charge < -0.3 is 10.5 Å². The van der Waals surface area contributed by atoms with Gasteiger partial charge in [-0.2, -0.15) is 9.50 Å². The highest BCUT2D eigenvalue weighted by molar-refractivity contribution is 5.72. The summed E-state index contributed by atoms with van der Waals surface area (Å²) >= 11 is 0. The summed E-state index contributed by atoms with van der Waals surface area (Å²) in [6, 6.07) is 0. The Bertz CT molecular complexity index is 657. The monoisotopic (exact) mass is 251 g/mol. The van der Waals surface area contributed by atoms with E-state index in [1.54, 1.807) is 13.8 Å². The molecule has 0 aliphatic heterocycles. The number of anilines is 1. The van der Waals surface area contributed by atoms with Gasteiger partial charge in [0, 0.05) is 0 Å². The predicted molar refractivity (Wildman–Crippen MR) is 63.1 cm³/mol. The summed E-state index contributed by atoms with van der Waals surface area (Å²) in [4.78, 5) is 31.5. The molecule has 0 spiro atoms. The first-order valence-corrected chi connectivity index (χ1v) is 5.42. The first kappa shape index (κ1) is 12.1. The van der Waals surface area contributed by atoms with Crippen molar-refractivity contribution in [1.29, 1.82) is 0 Å². The van der Waals surface area contributed by atoms with Gasteiger partial charge in [0.1, 0.15) is 0 Å². The maximum Gasteiger partial charge on any atom is 0.310 e. The van der Waals surface area contributed by atoms with Crippen molar-refractivity contribution in [2.75, 3.05) is 12.3 Å². The second kappa shape index (κ2) is 4.47. The van der Waals surface area contributed by atoms with Crippen LogP contribution in [-0.2, 0) is 16.0 Å². The van der Waals surface area contributed by atoms with Crippen LogP contribution in [0.25, 0.3) is 5.78 Å². The van der Waals surface area contributed by atoms with Crippen LogP contribution in [0.15, 0.2) is 4.79 Å². The predicted octanol–water partition coefficient (Wildman–Crippen LogP) is -0.586. The SMILES string of the molecule is CCOC(=O)Cc1c(C)nc2nc(N)[nH]n2c1=O. The van der Waals surface area contributed by atoms with Gasteiger partial charge in [0.05, 0.1) is 24.3 Å². The Kier molecular flexibility index (Phi) is 3.00. The number of esters is 1. The van der Waals surface area contributed by atoms with Crippen molar-refractivity contribution in [1.82, 2.24) is 19.6 Å². The van der Waals surface area contributed by atoms with Crippen molar-refractivity contribution >= 4 is 17.7 Å². The molecule has 0 saturated carbocycles. The van der Waals surface area contributed by atoms with Gasteiger partial charge in [-0.05, 0) is 13.8 Å². The van der Waals surface area contributed by atoms with Crippen molar-refractivity contribution in [3.05, 3.63) is 21.6 Å². The molecule has 0 radical (unpaired) electrons. The molecule has 2 aromatic rings. The lowest BCUT2D eigenvalue weighted by Gasteiger charge is -2.04. The Balaban J connectivity index is 2.50. The molecule has 0 unspecified atom stereocenters. The van der Waals surface area contributed by atoms with E-state index in [-0.39, 0.29) is 30.3 Å². The van der Waals surface area contributed by atoms with Gasteiger partial charge >= 0.3 is 5.97 Å². The Hall–Kier alpha value is -2.38. The number of aromatic amines is 1. The van der Waals surface area contributed by atoms with E-state index in [1.807, 2.05) is 0 Å². The zero-order valence-corrected chi connectivity index (χ0v) is 10.1. The number of aryl methyl sites for hydroxylation is 1. The third kappa shape index (κ3) is 2.04. The molecule has 0 amide bonds. The van der Waals surface area contributed by atoms with Crippen molar-refractivity contribution < 1.29 is 9.53 Å². The molecule has 0 fully saturated rings. The molecule has 2 heterocycles. The number of hydrogen-bond donors (Lipinski definition) is 2. The second-order valence-corrected chi connectivity index (χ2v) is 3.71. The van der Waals surface area contributed by atoms with E-state index in [0.29, 0.717) is 5.69 Å². The second-order valence-electron chi connectivity index (χ2n) is 3.71. The maximum absolute atomic E-state index is 12.1. The van der Waals surface area contributed by atoms with E-state index in [2.05, 4.69) is 15.1 Å². The van der Waals surface area contributed by atoms with Crippen LogP contribution in [0.3, 0.4) is 0 Å². The number of carbonyl (C=O) groups is 1. The molecular weight excluding hydrogens is 238 g/mol. The molecule has 96 valence electrons. The lowest BCUT2D eigenvalue weighted by molar-refractivity contribution is -0.142. The van der Waals surface area contributed by atoms with Crippen LogP contribution >= 0.6 is 0 Å². The molecule has 8 nitrogen and oxygen atoms in total. The van der Waals surface area contributed by atoms with Gasteiger partial charge in [-0.1, -0.05) is 0 Å². The van der Waals surface area contributed by atoms with E-state index in [0.717, 1.165) is 4.52 Å². The van der Waals surface area contributed by atoms with Gasteiger partial charge in [-0.25, -0.2) is 4.98 Å². The van der Waals surface area contributed by atoms with Crippen molar-refractivity contribution in [2.24, 2.45) is 0 Å². The number of H-pyrrole nitrogens is 1. The molecule has 0 aliphatic rings. The quantitative estimate of drug-likeness (QED) is 0.705. The summed E-state index contributed by atoms with van der Waals surface area (Å²) in [5.41, 5.74) is 5.77. The van der Waals surface area contributed by atoms with Crippen molar-refractivity contribution in [3.8, 4) is 0 Å². The minimum Gasteiger partial charge on any atom is -0.466 e. The summed E-state index contributed by atoms with van der Waals surface area (Å²) in [5, 5.41) is 2.56. The van der Waals surface area contributed by atoms with Crippen LogP contribution in [-0.4, -0.2) is 32.2 Å². The lowest BCUT2D eigenvalue weighted by atomic mass is 10.2. The number of nitrogens with one attached hydrogen (secondary N) is 1. The third-order valence-electron chi connectivity index (χ3n) is 2.44. The number of hydrogen-bond acceptors (Lipinski definition) is 6. The average molecular weight is 251 g/mol. The molecule has 0 aliphatic carbocycles. The van der Waals surface area contributed by atoms with E-state index in [4.69, 9.17) is 10.5 Å². The number of nitrogens with two attached hydrogens (primary N) is 1. The van der Waals surface area contributed by atoms with Crippen molar-refractivity contribution in [2.45, 2.75) is 20.3 Å². The number of aromatic nitrogens is 4. The topological polar surface area (TPSA) is 115 Å². The molecular formula is C10H13N5O3. The maximum atomic E-state index is 12.1. The number of ether oxygens (including phenoxy) is 1. The Labute approximate surface area is 102 Å². The number of fused-ring (bicyclic) bond motifs is 1. The van der Waals surface area contributed by atoms with Gasteiger partial charge in [0.25, 0.3) is 11.3 Å². The van der Waals surface area contributed by atoms with Crippen LogP contribution in [0.4, 0.5) is 5.95 Å². The number of carbonyl (C=O) groups excluding carboxylic acids is 1. The Morgan fingerprint density at radius 3 is 2.89 bits per heavy atom. The van der Waals surface area contributed by atoms with E-state index >= 15 is 0 Å². The zero-order valence-electron chi connectivity index (χ0n) is 10.1. The van der Waals surface area contributed by atoms with Gasteiger partial charge in [-0.3, -0.25) is 14.7 Å². The fourth-order valence-electron chi connectivity index (χ4n) is 1.63. The highest BCUT2D eigenvalue weighted by Gasteiger charge is 2.16. The van der Waals surface area contributed by atoms with Crippen LogP contribution in [0.2, 0.25) is 0 Å². The molecule has 0 saturated heterocycles. The third-order valence-corrected chi connectivity index (χ3v) is 2.44. The first-order chi connectivity index (χ1) is 8.52. The molecule has 2 rings (SSSR count). The summed E-state index contributed by atoms with van der Waals surface area (Å²) in [6.07, 6.45) is -0.118. The first-order valence-electron chi connectivity index (χ1n) is 5.42. The van der Waals surface area contributed by atoms with Crippen LogP contribution in [0.1, 0.15) is 18.2 Å². The fraction of sp³-hybridized carbons (Fsp3) is 0.400. The minimum absolute atomic E-state index is 0.0901. The highest BCUT2D eigenvalue weighted by Crippen LogP contribution is 2.04. The van der Waals surface area contributed by atoms with Crippen molar-refractivity contribution in [3.63, 3.8) is 0 Å². The Morgan fingerprint density at radius 2 is 2.22 bits per heavy atom. The lowest BCUT2D eigenvalue weighted by Crippen LogP contribution is -2.24. The number of rotatable bonds is 3. The zero-order chi connectivity index (χ0) is 13.3. The largest absolute Gasteiger partial charge is 0.466 e. The normalized spacial score (nSPS) is 10.8. The summed E-state index contributed by atoms with van der Waals surface area (Å²) in [6.45, 7) is 3.61. The average Bonchev–Trinajstić information content (AvgIpc) is 2.65. The van der Waals surface area contributed by atoms with E-state index < -0.39 is 11.5 Å². The summed E-state index contributed by atoms with van der Waals surface area (Å²) in [5.74, 6) is -0.193. The van der Waals surface area contributed by atoms with Crippen LogP contribution < -0.4 is 11.3 Å². The summed E-state index contributed by atoms with van der Waals surface area (Å²) < 4.78 is 5.92. The fourth-order valence-corrected chi connectivity index (χ4v) is 1.63. The smallest absolute Gasteiger partial charge is 0.310 e. The van der Waals surface area contributed by atoms with Gasteiger partial charge in [0.15, 0.2) is 0 Å². The highest BCUT2D eigenvalue weighted by atomic mass is 16.5. The number of nitrogens with zero attached hydrogens (tertiary/aromatic N) is 3. The van der Waals surface area contributed by atoms with Gasteiger partial charge in [-0.15, -0.1) is 0 Å². The molecule has 8 heteroatoms. The van der Waals surface area contributed by atoms with Crippen LogP contribution in [0, 0.1) is 6.92 Å². The standard InChI is InChI=1S/C10H13N5O3/c1-3-18-7(16)4-6-5(2)12-10-13-9(11)14-15(10)8(6)17/h3-4H2,1-2H3,(H3,11,12,13,14). The molecule has 0 aromatic carbocycles. The van der Waals surface area contributed by atoms with E-state index in [9.17, 15) is 9.59 Å². The molecule has 3 N–H and O–H groups in total. The van der Waals surface area contributed by atoms with E-state index in [1.165, 1.54) is 0 Å². The number of nitrogen functional groups attached to an aromatic ring is 1. The minimum atomic E-state index is -0.466. The van der Waals surface area contributed by atoms with Crippen LogP contribution in [0.5, 0.6) is 0 Å². The molecule has 2 aromatic heterocycles.